The summed E-state index contributed by atoms with van der Waals surface area (Å²) in [6.07, 6.45) is 0. The maximum Gasteiger partial charge on any atom is 0.264 e. The first kappa shape index (κ1) is 20.9. The van der Waals surface area contributed by atoms with Gasteiger partial charge in [0.05, 0.1) is 5.02 Å². The Morgan fingerprint density at radius 3 is 2.79 bits per heavy atom. The molecule has 0 unspecified atom stereocenters. The number of thioether (sulfide) groups is 1. The van der Waals surface area contributed by atoms with Crippen LogP contribution >= 0.6 is 46.3 Å². The summed E-state index contributed by atoms with van der Waals surface area (Å²) in [6, 6.07) is 11.2. The van der Waals surface area contributed by atoms with Crippen LogP contribution < -0.4 is 10.1 Å². The molecule has 1 amide bonds. The summed E-state index contributed by atoms with van der Waals surface area (Å²) in [5.41, 5.74) is 3.74. The average molecular weight is 454 g/mol. The number of anilines is 1. The Labute approximate surface area is 181 Å². The van der Waals surface area contributed by atoms with Crippen molar-refractivity contribution in [1.82, 2.24) is 10.2 Å². The summed E-state index contributed by atoms with van der Waals surface area (Å²) >= 11 is 14.8. The van der Waals surface area contributed by atoms with Crippen molar-refractivity contribution in [3.63, 3.8) is 0 Å². The third-order valence-corrected chi connectivity index (χ3v) is 6.31. The maximum absolute atomic E-state index is 12.1. The zero-order valence-corrected chi connectivity index (χ0v) is 18.3. The molecule has 0 bridgehead atoms. The van der Waals surface area contributed by atoms with Gasteiger partial charge in [-0.1, -0.05) is 70.1 Å². The Kier molecular flexibility index (Phi) is 7.18. The van der Waals surface area contributed by atoms with Gasteiger partial charge in [0.15, 0.2) is 10.9 Å². The molecule has 0 spiro atoms. The second-order valence-electron chi connectivity index (χ2n) is 6.00. The third kappa shape index (κ3) is 5.85. The second-order valence-corrected chi connectivity index (χ2v) is 9.05. The quantitative estimate of drug-likeness (QED) is 0.363. The zero-order chi connectivity index (χ0) is 20.1. The van der Waals surface area contributed by atoms with Gasteiger partial charge >= 0.3 is 0 Å². The molecular formula is C19H17Cl2N3O2S2. The van der Waals surface area contributed by atoms with Gasteiger partial charge in [-0.3, -0.25) is 10.1 Å². The van der Waals surface area contributed by atoms with Gasteiger partial charge in [-0.25, -0.2) is 0 Å². The van der Waals surface area contributed by atoms with Crippen molar-refractivity contribution in [2.24, 2.45) is 0 Å². The van der Waals surface area contributed by atoms with Gasteiger partial charge in [-0.15, -0.1) is 10.2 Å². The molecule has 28 heavy (non-hydrogen) atoms. The van der Waals surface area contributed by atoms with Crippen molar-refractivity contribution in [3.05, 3.63) is 63.1 Å². The Bertz CT molecular complexity index is 995. The smallest absolute Gasteiger partial charge is 0.264 e. The molecule has 3 aromatic rings. The predicted molar refractivity (Wildman–Crippen MR) is 116 cm³/mol. The third-order valence-electron chi connectivity index (χ3n) is 3.76. The molecule has 9 heteroatoms. The van der Waals surface area contributed by atoms with E-state index < -0.39 is 0 Å². The number of aromatic nitrogens is 2. The van der Waals surface area contributed by atoms with E-state index in [1.165, 1.54) is 28.0 Å². The molecule has 1 heterocycles. The fraction of sp³-hybridized carbons (Fsp3) is 0.211. The maximum atomic E-state index is 12.1. The molecule has 0 aliphatic heterocycles. The van der Waals surface area contributed by atoms with E-state index in [-0.39, 0.29) is 12.5 Å². The van der Waals surface area contributed by atoms with E-state index in [2.05, 4.69) is 47.6 Å². The van der Waals surface area contributed by atoms with Crippen molar-refractivity contribution in [2.45, 2.75) is 23.9 Å². The summed E-state index contributed by atoms with van der Waals surface area (Å²) in [7, 11) is 0. The number of hydrogen-bond donors (Lipinski definition) is 1. The first-order valence-corrected chi connectivity index (χ1v) is 10.9. The minimum Gasteiger partial charge on any atom is -0.482 e. The van der Waals surface area contributed by atoms with E-state index in [0.717, 1.165) is 10.1 Å². The number of carbonyl (C=O) groups excluding carboxylic acids is 1. The number of benzene rings is 2. The summed E-state index contributed by atoms with van der Waals surface area (Å²) < 4.78 is 6.20. The van der Waals surface area contributed by atoms with Gasteiger partial charge in [0.2, 0.25) is 5.13 Å². The molecule has 0 saturated heterocycles. The van der Waals surface area contributed by atoms with Gasteiger partial charge in [0, 0.05) is 10.8 Å². The van der Waals surface area contributed by atoms with Crippen LogP contribution in [-0.4, -0.2) is 22.7 Å². The highest BCUT2D eigenvalue weighted by atomic mass is 35.5. The first-order valence-electron chi connectivity index (χ1n) is 8.31. The standard InChI is InChI=1S/C19H17Cl2N3O2S2/c1-11-3-4-12(2)13(7-11)10-27-19-24-23-18(28-19)22-17(25)9-26-16-6-5-14(20)8-15(16)21/h3-8H,9-10H2,1-2H3,(H,22,23,25). The fourth-order valence-corrected chi connectivity index (χ4v) is 4.60. The van der Waals surface area contributed by atoms with Crippen LogP contribution in [0.5, 0.6) is 5.75 Å². The summed E-state index contributed by atoms with van der Waals surface area (Å²) in [5.74, 6) is 0.852. The Hall–Kier alpha value is -1.80. The number of amides is 1. The Morgan fingerprint density at radius 2 is 2.00 bits per heavy atom. The summed E-state index contributed by atoms with van der Waals surface area (Å²) in [5, 5.41) is 12.1. The molecule has 0 aliphatic rings. The van der Waals surface area contributed by atoms with Crippen LogP contribution in [-0.2, 0) is 10.5 Å². The molecule has 146 valence electrons. The molecule has 0 fully saturated rings. The number of ether oxygens (including phenoxy) is 1. The lowest BCUT2D eigenvalue weighted by Crippen LogP contribution is -2.20. The van der Waals surface area contributed by atoms with Gasteiger partial charge in [0.1, 0.15) is 5.75 Å². The van der Waals surface area contributed by atoms with E-state index in [1.54, 1.807) is 30.0 Å². The van der Waals surface area contributed by atoms with E-state index >= 15 is 0 Å². The zero-order valence-electron chi connectivity index (χ0n) is 15.2. The average Bonchev–Trinajstić information content (AvgIpc) is 3.09. The van der Waals surface area contributed by atoms with Crippen LogP contribution in [0, 0.1) is 13.8 Å². The molecule has 1 aromatic heterocycles. The van der Waals surface area contributed by atoms with Crippen LogP contribution in [0.25, 0.3) is 0 Å². The van der Waals surface area contributed by atoms with E-state index in [4.69, 9.17) is 27.9 Å². The highest BCUT2D eigenvalue weighted by molar-refractivity contribution is 8.00. The second kappa shape index (κ2) is 9.60. The minimum atomic E-state index is -0.340. The van der Waals surface area contributed by atoms with Gasteiger partial charge < -0.3 is 4.74 Å². The van der Waals surface area contributed by atoms with Crippen LogP contribution in [0.3, 0.4) is 0 Å². The predicted octanol–water partition coefficient (Wildman–Crippen LogP) is 5.77. The Balaban J connectivity index is 1.51. The van der Waals surface area contributed by atoms with Crippen molar-refractivity contribution in [3.8, 4) is 5.75 Å². The largest absolute Gasteiger partial charge is 0.482 e. The first-order chi connectivity index (χ1) is 13.4. The number of carbonyl (C=O) groups is 1. The van der Waals surface area contributed by atoms with E-state index in [0.29, 0.717) is 20.9 Å². The minimum absolute atomic E-state index is 0.189. The number of hydrogen-bond acceptors (Lipinski definition) is 6. The lowest BCUT2D eigenvalue weighted by Gasteiger charge is -2.07. The molecule has 5 nitrogen and oxygen atoms in total. The van der Waals surface area contributed by atoms with Crippen molar-refractivity contribution in [1.29, 1.82) is 0 Å². The molecule has 0 saturated carbocycles. The van der Waals surface area contributed by atoms with E-state index in [9.17, 15) is 4.79 Å². The molecule has 1 N–H and O–H groups in total. The van der Waals surface area contributed by atoms with Gasteiger partial charge in [0.25, 0.3) is 5.91 Å². The SMILES string of the molecule is Cc1ccc(C)c(CSc2nnc(NC(=O)COc3ccc(Cl)cc3Cl)s2)c1. The molecule has 0 atom stereocenters. The highest BCUT2D eigenvalue weighted by Crippen LogP contribution is 2.30. The van der Waals surface area contributed by atoms with Crippen molar-refractivity contribution in [2.75, 3.05) is 11.9 Å². The van der Waals surface area contributed by atoms with Crippen LogP contribution in [0.4, 0.5) is 5.13 Å². The molecule has 0 aliphatic carbocycles. The normalized spacial score (nSPS) is 10.7. The monoisotopic (exact) mass is 453 g/mol. The molecule has 0 radical (unpaired) electrons. The topological polar surface area (TPSA) is 64.1 Å². The van der Waals surface area contributed by atoms with Crippen molar-refractivity contribution >= 4 is 57.3 Å². The number of rotatable bonds is 7. The Morgan fingerprint density at radius 1 is 1.18 bits per heavy atom. The summed E-state index contributed by atoms with van der Waals surface area (Å²) in [4.78, 5) is 12.1. The number of nitrogens with zero attached hydrogens (tertiary/aromatic N) is 2. The van der Waals surface area contributed by atoms with Crippen molar-refractivity contribution < 1.29 is 9.53 Å². The van der Waals surface area contributed by atoms with Crippen LogP contribution in [0.2, 0.25) is 10.0 Å². The molecule has 2 aromatic carbocycles. The van der Waals surface area contributed by atoms with Gasteiger partial charge in [-0.05, 0) is 43.2 Å². The van der Waals surface area contributed by atoms with E-state index in [1.807, 2.05) is 0 Å². The molecular weight excluding hydrogens is 437 g/mol. The lowest BCUT2D eigenvalue weighted by molar-refractivity contribution is -0.118. The highest BCUT2D eigenvalue weighted by Gasteiger charge is 2.11. The van der Waals surface area contributed by atoms with Gasteiger partial charge in [-0.2, -0.15) is 0 Å². The molecule has 3 rings (SSSR count). The lowest BCUT2D eigenvalue weighted by atomic mass is 10.1. The van der Waals surface area contributed by atoms with Crippen LogP contribution in [0.15, 0.2) is 40.7 Å². The number of halogens is 2. The fourth-order valence-electron chi connectivity index (χ4n) is 2.30. The number of nitrogens with one attached hydrogen (secondary N) is 1. The summed E-state index contributed by atoms with van der Waals surface area (Å²) in [6.45, 7) is 3.98. The number of aryl methyl sites for hydroxylation is 2. The van der Waals surface area contributed by atoms with Crippen LogP contribution in [0.1, 0.15) is 16.7 Å².